The molecular formula is C25H30F2N6O4. The number of halogens is 2. The highest BCUT2D eigenvalue weighted by Crippen LogP contribution is 2.38. The number of nitrogens with zero attached hydrogens (tertiary/aromatic N) is 5. The quantitative estimate of drug-likeness (QED) is 0.379. The third kappa shape index (κ3) is 5.96. The Morgan fingerprint density at radius 2 is 2.03 bits per heavy atom. The second-order valence-corrected chi connectivity index (χ2v) is 9.78. The highest BCUT2D eigenvalue weighted by Gasteiger charge is 2.48. The van der Waals surface area contributed by atoms with E-state index in [9.17, 15) is 4.79 Å². The Morgan fingerprint density at radius 3 is 2.73 bits per heavy atom. The molecule has 0 unspecified atom stereocenters. The average molecular weight is 517 g/mol. The van der Waals surface area contributed by atoms with Gasteiger partial charge in [-0.15, -0.1) is 0 Å². The Bertz CT molecular complexity index is 1260. The summed E-state index contributed by atoms with van der Waals surface area (Å²) in [6.45, 7) is 4.47. The van der Waals surface area contributed by atoms with Gasteiger partial charge in [-0.1, -0.05) is 6.07 Å². The number of likely N-dealkylation sites (tertiary alicyclic amines) is 1. The number of anilines is 1. The summed E-state index contributed by atoms with van der Waals surface area (Å²) in [5.41, 5.74) is 8.04. The molecule has 0 bridgehead atoms. The first-order chi connectivity index (χ1) is 17.5. The Kier molecular flexibility index (Phi) is 7.30. The lowest BCUT2D eigenvalue weighted by Gasteiger charge is -2.38. The number of alkyl halides is 2. The average Bonchev–Trinajstić information content (AvgIpc) is 3.31. The second kappa shape index (κ2) is 10.3. The number of piperidine rings is 1. The van der Waals surface area contributed by atoms with Gasteiger partial charge in [0.2, 0.25) is 0 Å². The van der Waals surface area contributed by atoms with Crippen LogP contribution in [0, 0.1) is 0 Å². The van der Waals surface area contributed by atoms with Gasteiger partial charge in [0.1, 0.15) is 11.6 Å². The van der Waals surface area contributed by atoms with Gasteiger partial charge in [0.05, 0.1) is 30.3 Å². The molecule has 1 fully saturated rings. The van der Waals surface area contributed by atoms with E-state index >= 15 is 8.78 Å². The molecule has 2 N–H and O–H groups in total. The van der Waals surface area contributed by atoms with E-state index in [0.29, 0.717) is 33.8 Å². The SMILES string of the molecule is COCOc1c(N)cccc1-c1cc(-c2cnn([C@@H]3CCN(C(=O)OC(C)(C)C)CC3(F)F)c2)cnn1. The lowest BCUT2D eigenvalue weighted by Crippen LogP contribution is -2.52. The van der Waals surface area contributed by atoms with Gasteiger partial charge in [0, 0.05) is 36.5 Å². The lowest BCUT2D eigenvalue weighted by molar-refractivity contribution is -0.106. The van der Waals surface area contributed by atoms with Crippen molar-refractivity contribution in [2.75, 3.05) is 32.7 Å². The molecule has 1 aromatic carbocycles. The van der Waals surface area contributed by atoms with Crippen molar-refractivity contribution < 1.29 is 27.8 Å². The number of methoxy groups -OCH3 is 1. The number of aromatic nitrogens is 4. The number of carbonyl (C=O) groups is 1. The third-order valence-electron chi connectivity index (χ3n) is 5.76. The van der Waals surface area contributed by atoms with Gasteiger partial charge in [-0.3, -0.25) is 4.68 Å². The standard InChI is InChI=1S/C25H30F2N6O4/c1-24(2,3)37-23(34)32-9-8-21(25(26,27)14-32)33-13-17(12-30-33)16-10-20(31-29-11-16)18-6-5-7-19(28)22(18)36-15-35-4/h5-7,10-13,21H,8-9,14-15,28H2,1-4H3/t21-/m1/s1. The summed E-state index contributed by atoms with van der Waals surface area (Å²) in [6.07, 6.45) is 3.84. The number of carbonyl (C=O) groups excluding carboxylic acids is 1. The summed E-state index contributed by atoms with van der Waals surface area (Å²) >= 11 is 0. The molecule has 10 nitrogen and oxygen atoms in total. The monoisotopic (exact) mass is 516 g/mol. The first-order valence-corrected chi connectivity index (χ1v) is 11.7. The number of benzene rings is 1. The number of rotatable bonds is 6. The van der Waals surface area contributed by atoms with Crippen molar-refractivity contribution in [1.82, 2.24) is 24.9 Å². The maximum atomic E-state index is 15.1. The van der Waals surface area contributed by atoms with E-state index in [1.54, 1.807) is 51.2 Å². The number of nitrogens with two attached hydrogens (primary N) is 1. The number of para-hydroxylation sites is 1. The van der Waals surface area contributed by atoms with Gasteiger partial charge in [0.15, 0.2) is 12.5 Å². The van der Waals surface area contributed by atoms with Crippen LogP contribution in [0.5, 0.6) is 5.75 Å². The predicted molar refractivity (Wildman–Crippen MR) is 132 cm³/mol. The number of nitrogen functional groups attached to an aromatic ring is 1. The molecule has 1 atom stereocenters. The second-order valence-electron chi connectivity index (χ2n) is 9.78. The minimum Gasteiger partial charge on any atom is -0.465 e. The summed E-state index contributed by atoms with van der Waals surface area (Å²) in [7, 11) is 1.50. The Morgan fingerprint density at radius 1 is 1.24 bits per heavy atom. The van der Waals surface area contributed by atoms with Crippen molar-refractivity contribution in [1.29, 1.82) is 0 Å². The van der Waals surface area contributed by atoms with E-state index in [0.717, 1.165) is 4.90 Å². The van der Waals surface area contributed by atoms with Crippen LogP contribution in [0.25, 0.3) is 22.4 Å². The molecule has 0 saturated carbocycles. The maximum Gasteiger partial charge on any atom is 0.410 e. The van der Waals surface area contributed by atoms with Crippen molar-refractivity contribution >= 4 is 11.8 Å². The zero-order valence-electron chi connectivity index (χ0n) is 21.1. The summed E-state index contributed by atoms with van der Waals surface area (Å²) in [5.74, 6) is -2.79. The molecule has 1 aliphatic heterocycles. The van der Waals surface area contributed by atoms with Crippen LogP contribution in [-0.2, 0) is 9.47 Å². The van der Waals surface area contributed by atoms with Crippen LogP contribution in [0.1, 0.15) is 33.2 Å². The van der Waals surface area contributed by atoms with Crippen LogP contribution in [-0.4, -0.2) is 69.5 Å². The van der Waals surface area contributed by atoms with Crippen LogP contribution in [0.3, 0.4) is 0 Å². The molecule has 0 spiro atoms. The van der Waals surface area contributed by atoms with Crippen molar-refractivity contribution in [3.8, 4) is 28.1 Å². The van der Waals surface area contributed by atoms with E-state index in [4.69, 9.17) is 19.9 Å². The molecule has 1 aliphatic rings. The summed E-state index contributed by atoms with van der Waals surface area (Å²) in [6, 6.07) is 5.80. The van der Waals surface area contributed by atoms with Crippen LogP contribution in [0.2, 0.25) is 0 Å². The van der Waals surface area contributed by atoms with Crippen LogP contribution >= 0.6 is 0 Å². The molecule has 3 heterocycles. The third-order valence-corrected chi connectivity index (χ3v) is 5.76. The normalized spacial score (nSPS) is 17.5. The fraction of sp³-hybridized carbons (Fsp3) is 0.440. The summed E-state index contributed by atoms with van der Waals surface area (Å²) in [4.78, 5) is 13.3. The molecule has 0 aliphatic carbocycles. The first-order valence-electron chi connectivity index (χ1n) is 11.7. The minimum atomic E-state index is -3.20. The molecule has 4 rings (SSSR count). The summed E-state index contributed by atoms with van der Waals surface area (Å²) in [5, 5.41) is 12.5. The number of amides is 1. The topological polar surface area (TPSA) is 118 Å². The highest BCUT2D eigenvalue weighted by atomic mass is 19.3. The Labute approximate surface area is 213 Å². The molecule has 198 valence electrons. The molecule has 1 saturated heterocycles. The zero-order chi connectivity index (χ0) is 26.8. The van der Waals surface area contributed by atoms with Crippen LogP contribution in [0.4, 0.5) is 19.3 Å². The van der Waals surface area contributed by atoms with Crippen molar-refractivity contribution in [3.63, 3.8) is 0 Å². The van der Waals surface area contributed by atoms with Gasteiger partial charge in [-0.2, -0.15) is 15.3 Å². The number of ether oxygens (including phenoxy) is 3. The fourth-order valence-electron chi connectivity index (χ4n) is 4.09. The van der Waals surface area contributed by atoms with Gasteiger partial charge >= 0.3 is 6.09 Å². The van der Waals surface area contributed by atoms with Gasteiger partial charge in [-0.25, -0.2) is 13.6 Å². The largest absolute Gasteiger partial charge is 0.465 e. The molecule has 1 amide bonds. The fourth-order valence-corrected chi connectivity index (χ4v) is 4.09. The number of hydrogen-bond acceptors (Lipinski definition) is 8. The van der Waals surface area contributed by atoms with Gasteiger partial charge in [-0.05, 0) is 45.4 Å². The molecule has 12 heteroatoms. The van der Waals surface area contributed by atoms with Crippen LogP contribution < -0.4 is 10.5 Å². The maximum absolute atomic E-state index is 15.1. The van der Waals surface area contributed by atoms with Crippen LogP contribution in [0.15, 0.2) is 42.9 Å². The Hall–Kier alpha value is -3.80. The van der Waals surface area contributed by atoms with Gasteiger partial charge < -0.3 is 24.8 Å². The summed E-state index contributed by atoms with van der Waals surface area (Å²) < 4.78 is 47.3. The smallest absolute Gasteiger partial charge is 0.410 e. The lowest BCUT2D eigenvalue weighted by atomic mass is 10.0. The van der Waals surface area contributed by atoms with Crippen molar-refractivity contribution in [2.45, 2.75) is 44.8 Å². The van der Waals surface area contributed by atoms with Gasteiger partial charge in [0.25, 0.3) is 5.92 Å². The van der Waals surface area contributed by atoms with E-state index < -0.39 is 30.2 Å². The van der Waals surface area contributed by atoms with Crippen molar-refractivity contribution in [2.24, 2.45) is 0 Å². The molecular weight excluding hydrogens is 486 g/mol. The van der Waals surface area contributed by atoms with E-state index in [2.05, 4.69) is 15.3 Å². The van der Waals surface area contributed by atoms with Crippen molar-refractivity contribution in [3.05, 3.63) is 42.9 Å². The molecule has 37 heavy (non-hydrogen) atoms. The minimum absolute atomic E-state index is 0.00204. The van der Waals surface area contributed by atoms with E-state index in [1.165, 1.54) is 24.2 Å². The zero-order valence-corrected chi connectivity index (χ0v) is 21.1. The predicted octanol–water partition coefficient (Wildman–Crippen LogP) is 4.39. The molecule has 2 aromatic heterocycles. The number of hydrogen-bond donors (Lipinski definition) is 1. The Balaban J connectivity index is 1.55. The molecule has 0 radical (unpaired) electrons. The van der Waals surface area contributed by atoms with E-state index in [1.807, 2.05) is 0 Å². The first kappa shape index (κ1) is 26.3. The highest BCUT2D eigenvalue weighted by molar-refractivity contribution is 5.77. The van der Waals surface area contributed by atoms with E-state index in [-0.39, 0.29) is 19.8 Å². The molecule has 3 aromatic rings.